The number of hydrogen-bond acceptors (Lipinski definition) is 3. The molecule has 0 aromatic carbocycles. The molecule has 0 aliphatic carbocycles. The molecule has 1 aliphatic rings. The topological polar surface area (TPSA) is 41.9 Å². The number of likely N-dealkylation sites (tertiary alicyclic amines) is 1. The van der Waals surface area contributed by atoms with Crippen molar-refractivity contribution in [2.45, 2.75) is 26.7 Å². The quantitative estimate of drug-likeness (QED) is 0.703. The summed E-state index contributed by atoms with van der Waals surface area (Å²) < 4.78 is 8.16. The van der Waals surface area contributed by atoms with Gasteiger partial charge in [0.25, 0.3) is 0 Å². The molecule has 1 saturated heterocycles. The molecule has 0 aromatic heterocycles. The first-order valence-corrected chi connectivity index (χ1v) is 5.73. The summed E-state index contributed by atoms with van der Waals surface area (Å²) in [7, 11) is 6.13. The van der Waals surface area contributed by atoms with Crippen molar-refractivity contribution in [3.63, 3.8) is 0 Å². The molecule has 0 saturated carbocycles. The van der Waals surface area contributed by atoms with E-state index in [1.807, 2.05) is 18.7 Å². The van der Waals surface area contributed by atoms with Crippen LogP contribution in [-0.2, 0) is 9.53 Å². The predicted molar refractivity (Wildman–Crippen MR) is 65.7 cm³/mol. The van der Waals surface area contributed by atoms with Crippen molar-refractivity contribution in [3.05, 3.63) is 0 Å². The predicted octanol–water partition coefficient (Wildman–Crippen LogP) is 2.22. The van der Waals surface area contributed by atoms with E-state index in [1.165, 1.54) is 0 Å². The van der Waals surface area contributed by atoms with Gasteiger partial charge >= 0.3 is 0 Å². The van der Waals surface area contributed by atoms with Gasteiger partial charge in [-0.15, -0.1) is 0 Å². The van der Waals surface area contributed by atoms with Crippen LogP contribution >= 0.6 is 9.03 Å². The third kappa shape index (κ3) is 9.83. The zero-order chi connectivity index (χ0) is 12.1. The van der Waals surface area contributed by atoms with Crippen molar-refractivity contribution in [1.29, 1.82) is 0 Å². The molecule has 15 heavy (non-hydrogen) atoms. The summed E-state index contributed by atoms with van der Waals surface area (Å²) in [4.78, 5) is 12.8. The number of hydrogen-bond donors (Lipinski definition) is 0. The Balaban J connectivity index is 0. The Bertz CT molecular complexity index is 166. The Labute approximate surface area is 95.3 Å². The molecule has 0 spiro atoms. The van der Waals surface area contributed by atoms with E-state index in [0.29, 0.717) is 6.61 Å². The average Bonchev–Trinajstić information content (AvgIpc) is 2.65. The molecule has 1 heterocycles. The van der Waals surface area contributed by atoms with Gasteiger partial charge in [0.2, 0.25) is 5.91 Å². The second kappa shape index (κ2) is 13.5. The van der Waals surface area contributed by atoms with E-state index in [2.05, 4.69) is 13.8 Å². The number of rotatable bonds is 3. The normalized spacial score (nSPS) is 13.6. The van der Waals surface area contributed by atoms with E-state index in [1.54, 1.807) is 14.2 Å². The number of ether oxygens (including phenoxy) is 1. The minimum Gasteiger partial charge on any atom is -0.383 e. The van der Waals surface area contributed by atoms with Crippen LogP contribution in [0.2, 0.25) is 0 Å². The Morgan fingerprint density at radius 1 is 1.53 bits per heavy atom. The maximum absolute atomic E-state index is 11.0. The van der Waals surface area contributed by atoms with Gasteiger partial charge in [0.1, 0.15) is 0 Å². The highest BCUT2D eigenvalue weighted by Crippen LogP contribution is 2.07. The Morgan fingerprint density at radius 3 is 2.40 bits per heavy atom. The van der Waals surface area contributed by atoms with E-state index < -0.39 is 0 Å². The average molecular weight is 234 g/mol. The van der Waals surface area contributed by atoms with E-state index in [0.717, 1.165) is 25.9 Å². The molecular weight excluding hydrogens is 211 g/mol. The van der Waals surface area contributed by atoms with Crippen LogP contribution < -0.4 is 0 Å². The van der Waals surface area contributed by atoms with Gasteiger partial charge in [0.15, 0.2) is 0 Å². The number of carbonyl (C=O) groups is 1. The van der Waals surface area contributed by atoms with Gasteiger partial charge in [-0.2, -0.15) is 0 Å². The second-order valence-electron chi connectivity index (χ2n) is 2.70. The molecule has 1 aliphatic heterocycles. The lowest BCUT2D eigenvalue weighted by molar-refractivity contribution is -0.128. The lowest BCUT2D eigenvalue weighted by Gasteiger charge is -2.13. The minimum absolute atomic E-state index is 0.275. The molecule has 1 rings (SSSR count). The van der Waals surface area contributed by atoms with Crippen LogP contribution in [0, 0.1) is 0 Å². The summed E-state index contributed by atoms with van der Waals surface area (Å²) in [6.07, 6.45) is 1.74. The number of nitrogens with zero attached hydrogens (tertiary/aromatic N) is 2. The SMILES string of the molecule is CC.CN=P.COCCN1CCCC1=O. The third-order valence-corrected chi connectivity index (χ3v) is 1.74. The molecular formula is C10H23N2O2P. The van der Waals surface area contributed by atoms with Crippen LogP contribution in [0.3, 0.4) is 0 Å². The summed E-state index contributed by atoms with van der Waals surface area (Å²) in [5.41, 5.74) is 0. The molecule has 0 aromatic rings. The highest BCUT2D eigenvalue weighted by Gasteiger charge is 2.18. The number of methoxy groups -OCH3 is 1. The van der Waals surface area contributed by atoms with Crippen molar-refractivity contribution >= 4 is 14.9 Å². The van der Waals surface area contributed by atoms with Gasteiger partial charge in [-0.05, 0) is 15.5 Å². The van der Waals surface area contributed by atoms with Crippen molar-refractivity contribution in [2.75, 3.05) is 33.9 Å². The van der Waals surface area contributed by atoms with E-state index in [4.69, 9.17) is 4.74 Å². The molecule has 1 amide bonds. The third-order valence-electron chi connectivity index (χ3n) is 1.74. The van der Waals surface area contributed by atoms with Crippen molar-refractivity contribution in [3.8, 4) is 0 Å². The molecule has 0 N–H and O–H groups in total. The van der Waals surface area contributed by atoms with Gasteiger partial charge in [-0.25, -0.2) is 0 Å². The van der Waals surface area contributed by atoms with Gasteiger partial charge in [-0.3, -0.25) is 9.54 Å². The lowest BCUT2D eigenvalue weighted by Crippen LogP contribution is -2.28. The summed E-state index contributed by atoms with van der Waals surface area (Å²) in [6.45, 7) is 6.34. The first-order valence-electron chi connectivity index (χ1n) is 5.28. The number of carbonyl (C=O) groups excluding carboxylic acids is 1. The monoisotopic (exact) mass is 234 g/mol. The summed E-state index contributed by atoms with van der Waals surface area (Å²) in [5.74, 6) is 0.275. The molecule has 0 atom stereocenters. The summed E-state index contributed by atoms with van der Waals surface area (Å²) in [5, 5.41) is 0. The summed E-state index contributed by atoms with van der Waals surface area (Å²) >= 11 is 0. The van der Waals surface area contributed by atoms with Gasteiger partial charge in [0, 0.05) is 33.7 Å². The Kier molecular flexibility index (Phi) is 15.3. The smallest absolute Gasteiger partial charge is 0.222 e. The largest absolute Gasteiger partial charge is 0.383 e. The zero-order valence-electron chi connectivity index (χ0n) is 10.2. The first kappa shape index (κ1) is 16.9. The maximum Gasteiger partial charge on any atom is 0.222 e. The molecule has 0 bridgehead atoms. The fourth-order valence-electron chi connectivity index (χ4n) is 1.14. The Morgan fingerprint density at radius 2 is 2.07 bits per heavy atom. The first-order chi connectivity index (χ1) is 7.26. The maximum atomic E-state index is 11.0. The highest BCUT2D eigenvalue weighted by molar-refractivity contribution is 7.03. The van der Waals surface area contributed by atoms with Crippen molar-refractivity contribution in [2.24, 2.45) is 4.74 Å². The Hall–Kier alpha value is -0.470. The molecule has 0 unspecified atom stereocenters. The van der Waals surface area contributed by atoms with Gasteiger partial charge < -0.3 is 9.64 Å². The van der Waals surface area contributed by atoms with Crippen LogP contribution in [0.15, 0.2) is 4.74 Å². The molecule has 4 nitrogen and oxygen atoms in total. The van der Waals surface area contributed by atoms with Crippen molar-refractivity contribution in [1.82, 2.24) is 4.90 Å². The summed E-state index contributed by atoms with van der Waals surface area (Å²) in [6, 6.07) is 0. The van der Waals surface area contributed by atoms with Crippen LogP contribution in [0.1, 0.15) is 26.7 Å². The molecule has 1 fully saturated rings. The minimum atomic E-state index is 0.275. The van der Waals surface area contributed by atoms with Gasteiger partial charge in [0.05, 0.1) is 6.61 Å². The fourth-order valence-corrected chi connectivity index (χ4v) is 1.14. The molecule has 90 valence electrons. The van der Waals surface area contributed by atoms with Crippen molar-refractivity contribution < 1.29 is 9.53 Å². The van der Waals surface area contributed by atoms with Crippen LogP contribution in [0.5, 0.6) is 0 Å². The number of amides is 1. The van der Waals surface area contributed by atoms with Gasteiger partial charge in [-0.1, -0.05) is 13.8 Å². The highest BCUT2D eigenvalue weighted by atomic mass is 31.0. The fraction of sp³-hybridized carbons (Fsp3) is 0.900. The second-order valence-corrected chi connectivity index (χ2v) is 3.15. The van der Waals surface area contributed by atoms with Crippen LogP contribution in [0.25, 0.3) is 0 Å². The standard InChI is InChI=1S/C7H13NO2.C2H6.CH4NP/c1-10-6-5-8-4-2-3-7(8)9;1-2;1-2-3/h2-6H2,1H3;1-2H3;3H,1H3. The molecule has 0 radical (unpaired) electrons. The van der Waals surface area contributed by atoms with Crippen LogP contribution in [-0.4, -0.2) is 44.7 Å². The van der Waals surface area contributed by atoms with Crippen LogP contribution in [0.4, 0.5) is 0 Å². The molecule has 5 heteroatoms. The van der Waals surface area contributed by atoms with E-state index in [-0.39, 0.29) is 5.91 Å². The van der Waals surface area contributed by atoms with E-state index >= 15 is 0 Å². The zero-order valence-corrected chi connectivity index (χ0v) is 11.2. The lowest BCUT2D eigenvalue weighted by atomic mass is 10.4. The van der Waals surface area contributed by atoms with E-state index in [9.17, 15) is 4.79 Å².